The quantitative estimate of drug-likeness (QED) is 0.0497. The maximum absolute atomic E-state index is 12.8. The summed E-state index contributed by atoms with van der Waals surface area (Å²) in [4.78, 5) is 121. The van der Waals surface area contributed by atoms with Crippen LogP contribution in [0.3, 0.4) is 0 Å². The van der Waals surface area contributed by atoms with Gasteiger partial charge in [0, 0.05) is 33.5 Å². The number of carbonyl (C=O) groups is 10. The molecule has 7 unspecified atom stereocenters. The van der Waals surface area contributed by atoms with Crippen molar-refractivity contribution in [1.29, 1.82) is 0 Å². The number of ether oxygens (including phenoxy) is 11. The Morgan fingerprint density at radius 3 is 0.952 bits per heavy atom. The lowest BCUT2D eigenvalue weighted by molar-refractivity contribution is -0.231. The molecule has 0 aromatic carbocycles. The van der Waals surface area contributed by atoms with Crippen molar-refractivity contribution >= 4 is 59.9 Å². The second-order valence-electron chi connectivity index (χ2n) is 58.5. The van der Waals surface area contributed by atoms with Crippen LogP contribution in [0.1, 0.15) is 520 Å². The largest absolute Gasteiger partial charge is 0.508 e. The second kappa shape index (κ2) is 47.7. The number of cyclic esters (lactones) is 2. The molecule has 0 N–H and O–H groups in total. The summed E-state index contributed by atoms with van der Waals surface area (Å²) >= 11 is 0. The van der Waals surface area contributed by atoms with E-state index in [9.17, 15) is 47.9 Å². The molecule has 2 saturated heterocycles. The average molecular weight is 2070 g/mol. The zero-order chi connectivity index (χ0) is 111. The Labute approximate surface area is 893 Å². The minimum absolute atomic E-state index is 0.00935. The molecular formula is C126H216O21. The first-order valence-corrected chi connectivity index (χ1v) is 59.6. The lowest BCUT2D eigenvalue weighted by atomic mass is 9.45. The highest BCUT2D eigenvalue weighted by atomic mass is 16.8. The molecule has 0 radical (unpaired) electrons. The maximum Gasteiger partial charge on any atom is 0.508 e. The topological polar surface area (TPSA) is 272 Å². The van der Waals surface area contributed by atoms with Crippen molar-refractivity contribution in [2.24, 2.45) is 154 Å². The van der Waals surface area contributed by atoms with Crippen LogP contribution in [0.4, 0.5) is 4.79 Å². The summed E-state index contributed by atoms with van der Waals surface area (Å²) in [6.45, 7) is 78.8. The van der Waals surface area contributed by atoms with Gasteiger partial charge < -0.3 is 52.1 Å². The zero-order valence-electron chi connectivity index (χ0n) is 101. The van der Waals surface area contributed by atoms with Gasteiger partial charge in [-0.1, -0.05) is 145 Å². The third-order valence-electron chi connectivity index (χ3n) is 42.5. The van der Waals surface area contributed by atoms with Gasteiger partial charge >= 0.3 is 59.9 Å². The van der Waals surface area contributed by atoms with Crippen molar-refractivity contribution in [1.82, 2.24) is 0 Å². The molecule has 846 valence electrons. The van der Waals surface area contributed by atoms with E-state index in [1.165, 1.54) is 141 Å². The smallest absolute Gasteiger partial charge is 0.461 e. The van der Waals surface area contributed by atoms with Gasteiger partial charge in [0.2, 0.25) is 0 Å². The third kappa shape index (κ3) is 27.6. The number of fused-ring (bicyclic) bond motifs is 1. The Hall–Kier alpha value is -5.50. The van der Waals surface area contributed by atoms with Crippen LogP contribution in [0.5, 0.6) is 0 Å². The van der Waals surface area contributed by atoms with Crippen molar-refractivity contribution in [3.8, 4) is 0 Å². The van der Waals surface area contributed by atoms with Crippen LogP contribution in [0.25, 0.3) is 0 Å². The molecular weight excluding hydrogens is 1850 g/mol. The third-order valence-corrected chi connectivity index (χ3v) is 42.5. The van der Waals surface area contributed by atoms with Crippen LogP contribution in [-0.2, 0) is 95.3 Å². The standard InChI is InChI=1S/C20H34O2.C19H32O2.C18H30O2.3C15H28O2.C14H20O4.C10H16O5/c1-6-18(3,4)17(21)22-19(5,7-2)20-11-14-8-15(12-20)10-16(9-14)13-20;1-6-18(4,5)17(20)21-19(12(2)3)15-8-13-7-14(10-15)11-16(19)9-13;1-5-17(3,4)16(19)20-18(6-2)14-8-12-7-13(10-14)11-15(18)9-12;3*1-7-14(5,6)12(16)17-15(13(2,3)4)10-8-9-11-15;1-4-14(2,3)13(16)18-10-7-5-8-9(6-7)12(15)17-11(8)10;1-4-10(2,3)8(11)13-5-7-6-14-9(12)15-7/h14-16H,6-13H2,1-5H3;12-16H,6-11H2,1-5H3;12-15H,5-11H2,1-4H3;3*7-11H2,1-6H3;7-11H,4-6H2,1-3H3;7H,4-6H2,1-3H3. The summed E-state index contributed by atoms with van der Waals surface area (Å²) in [5.74, 6) is 9.48. The Morgan fingerprint density at radius 1 is 0.340 bits per heavy atom. The van der Waals surface area contributed by atoms with Crippen molar-refractivity contribution in [3.63, 3.8) is 0 Å². The lowest BCUT2D eigenvalue weighted by Crippen LogP contribution is -2.63. The lowest BCUT2D eigenvalue weighted by Gasteiger charge is -2.62. The number of rotatable bonds is 29. The van der Waals surface area contributed by atoms with Crippen LogP contribution in [0.15, 0.2) is 0 Å². The number of hydrogen-bond donors (Lipinski definition) is 0. The first kappa shape index (κ1) is 125. The van der Waals surface area contributed by atoms with Gasteiger partial charge in [0.25, 0.3) is 0 Å². The maximum atomic E-state index is 12.8. The molecule has 2 heterocycles. The molecule has 2 aliphatic heterocycles. The first-order valence-electron chi connectivity index (χ1n) is 59.6. The molecule has 17 aliphatic carbocycles. The highest BCUT2D eigenvalue weighted by Crippen LogP contribution is 2.68. The molecule has 0 spiro atoms. The van der Waals surface area contributed by atoms with Gasteiger partial charge in [-0.25, -0.2) is 4.79 Å². The van der Waals surface area contributed by atoms with Gasteiger partial charge in [0.1, 0.15) is 59.0 Å². The molecule has 17 saturated carbocycles. The number of carbonyl (C=O) groups excluding carboxylic acids is 10. The van der Waals surface area contributed by atoms with Gasteiger partial charge in [0.15, 0.2) is 6.10 Å². The minimum Gasteiger partial charge on any atom is -0.461 e. The van der Waals surface area contributed by atoms with E-state index in [1.54, 1.807) is 0 Å². The fraction of sp³-hybridized carbons (Fsp3) is 0.921. The fourth-order valence-electron chi connectivity index (χ4n) is 28.3. The summed E-state index contributed by atoms with van der Waals surface area (Å²) in [5.41, 5.74) is -4.02. The van der Waals surface area contributed by atoms with Gasteiger partial charge in [-0.05, 0) is 446 Å². The Morgan fingerprint density at radius 2 is 0.646 bits per heavy atom. The molecule has 14 bridgehead atoms. The predicted molar refractivity (Wildman–Crippen MR) is 582 cm³/mol. The molecule has 0 aromatic rings. The summed E-state index contributed by atoms with van der Waals surface area (Å²) in [7, 11) is 0. The van der Waals surface area contributed by atoms with Crippen molar-refractivity contribution < 1.29 is 100 Å². The van der Waals surface area contributed by atoms with E-state index >= 15 is 0 Å². The van der Waals surface area contributed by atoms with Gasteiger partial charge in [-0.15, -0.1) is 0 Å². The highest BCUT2D eigenvalue weighted by Gasteiger charge is 2.67. The molecule has 147 heavy (non-hydrogen) atoms. The van der Waals surface area contributed by atoms with Gasteiger partial charge in [0.05, 0.1) is 49.2 Å². The van der Waals surface area contributed by atoms with Crippen LogP contribution in [0, 0.1) is 154 Å². The van der Waals surface area contributed by atoms with Crippen LogP contribution >= 0.6 is 0 Å². The molecule has 19 rings (SSSR count). The first-order chi connectivity index (χ1) is 67.8. The number of hydrogen-bond acceptors (Lipinski definition) is 21. The highest BCUT2D eigenvalue weighted by molar-refractivity contribution is 5.81. The molecule has 21 nitrogen and oxygen atoms in total. The Bertz CT molecular complexity index is 4170. The second-order valence-corrected chi connectivity index (χ2v) is 58.5. The van der Waals surface area contributed by atoms with Crippen LogP contribution in [0.2, 0.25) is 0 Å². The van der Waals surface area contributed by atoms with E-state index in [-0.39, 0.29) is 173 Å². The molecule has 7 atom stereocenters. The molecule has 21 heteroatoms. The van der Waals surface area contributed by atoms with E-state index in [1.807, 2.05) is 145 Å². The minimum atomic E-state index is -0.703. The fourth-order valence-corrected chi connectivity index (χ4v) is 28.3. The SMILES string of the molecule is CCC(C)(C)C(=O)OC(C)(CC)C12CC3CC(CC(C3)C1)C2.CCC(C)(C)C(=O)OC1(C(C)(C)C)CCCC1.CCC(C)(C)C(=O)OC1(C(C)(C)C)CCCC1.CCC(C)(C)C(=O)OC1(C(C)(C)C)CCCC1.CCC(C)(C)C(=O)OC1(C(C)C)C2CC3CC(C2)CC1C3.CCC(C)(C)C(=O)OC1(CC)C2CC3CC(C2)CC1C3.CCC(C)(C)C(=O)OC1C2CC3C(=O)OC1C3C2.CCC(C)(C)C(=O)OCC1COC(=O)O1. The molecule has 0 aromatic heterocycles. The van der Waals surface area contributed by atoms with Crippen molar-refractivity contribution in [3.05, 3.63) is 0 Å². The van der Waals surface area contributed by atoms with Crippen molar-refractivity contribution in [2.75, 3.05) is 13.2 Å². The monoisotopic (exact) mass is 2070 g/mol. The predicted octanol–water partition coefficient (Wildman–Crippen LogP) is 31.1. The number of esters is 9. The van der Waals surface area contributed by atoms with Crippen LogP contribution < -0.4 is 0 Å². The Kier molecular flexibility index (Phi) is 40.5. The summed E-state index contributed by atoms with van der Waals surface area (Å²) in [6, 6.07) is 0. The summed E-state index contributed by atoms with van der Waals surface area (Å²) < 4.78 is 62.3. The van der Waals surface area contributed by atoms with E-state index in [4.69, 9.17) is 47.4 Å². The normalized spacial score (nSPS) is 31.9. The molecule has 0 amide bonds. The average Bonchev–Trinajstić information content (AvgIpc) is 1.51. The van der Waals surface area contributed by atoms with Gasteiger partial charge in [-0.2, -0.15) is 0 Å². The Balaban J connectivity index is 0.000000187. The molecule has 19 fully saturated rings. The summed E-state index contributed by atoms with van der Waals surface area (Å²) in [6.07, 6.45) is 43.4. The van der Waals surface area contributed by atoms with E-state index < -0.39 is 23.1 Å². The zero-order valence-corrected chi connectivity index (χ0v) is 101. The van der Waals surface area contributed by atoms with Crippen LogP contribution in [-0.4, -0.2) is 125 Å². The van der Waals surface area contributed by atoms with E-state index in [2.05, 4.69) is 122 Å². The van der Waals surface area contributed by atoms with Crippen molar-refractivity contribution in [2.45, 2.75) is 572 Å². The summed E-state index contributed by atoms with van der Waals surface area (Å²) in [5, 5.41) is 0. The van der Waals surface area contributed by atoms with E-state index in [0.29, 0.717) is 47.8 Å². The van der Waals surface area contributed by atoms with E-state index in [0.717, 1.165) is 151 Å². The molecule has 19 aliphatic rings. The van der Waals surface area contributed by atoms with Gasteiger partial charge in [-0.3, -0.25) is 43.2 Å².